The van der Waals surface area contributed by atoms with Gasteiger partial charge < -0.3 is 15.1 Å². The lowest BCUT2D eigenvalue weighted by atomic mass is 10.1. The van der Waals surface area contributed by atoms with Crippen LogP contribution in [0.15, 0.2) is 36.4 Å². The molecule has 2 fully saturated rings. The van der Waals surface area contributed by atoms with E-state index in [9.17, 15) is 14.0 Å². The Bertz CT molecular complexity index is 954. The van der Waals surface area contributed by atoms with Gasteiger partial charge in [0.1, 0.15) is 5.82 Å². The highest BCUT2D eigenvalue weighted by Crippen LogP contribution is 2.25. The number of benzene rings is 2. The minimum Gasteiger partial charge on any atom is -0.368 e. The predicted octanol–water partition coefficient (Wildman–Crippen LogP) is 2.93. The third-order valence-electron chi connectivity index (χ3n) is 5.83. The molecule has 0 bridgehead atoms. The molecule has 2 aromatic rings. The quantitative estimate of drug-likeness (QED) is 0.868. The van der Waals surface area contributed by atoms with Gasteiger partial charge in [-0.2, -0.15) is 0 Å². The van der Waals surface area contributed by atoms with Crippen LogP contribution in [-0.4, -0.2) is 56.1 Å². The largest absolute Gasteiger partial charge is 0.368 e. The van der Waals surface area contributed by atoms with Crippen molar-refractivity contribution in [2.24, 2.45) is 0 Å². The Labute approximate surface area is 169 Å². The van der Waals surface area contributed by atoms with Crippen LogP contribution in [-0.2, 0) is 0 Å². The van der Waals surface area contributed by atoms with Gasteiger partial charge in [-0.05, 0) is 49.2 Å². The first kappa shape index (κ1) is 19.2. The summed E-state index contributed by atoms with van der Waals surface area (Å²) in [5.74, 6) is -0.889. The van der Waals surface area contributed by atoms with Crippen molar-refractivity contribution in [2.75, 3.05) is 49.1 Å². The van der Waals surface area contributed by atoms with E-state index in [-0.39, 0.29) is 17.5 Å². The number of nitrogens with one attached hydrogen (secondary N) is 1. The van der Waals surface area contributed by atoms with Gasteiger partial charge in [0.2, 0.25) is 0 Å². The number of halogens is 1. The van der Waals surface area contributed by atoms with E-state index >= 15 is 0 Å². The molecule has 2 aromatic carbocycles. The highest BCUT2D eigenvalue weighted by Gasteiger charge is 2.27. The van der Waals surface area contributed by atoms with Crippen LogP contribution in [0, 0.1) is 19.7 Å². The summed E-state index contributed by atoms with van der Waals surface area (Å²) in [5, 5.41) is 2.72. The number of amides is 3. The van der Waals surface area contributed by atoms with Gasteiger partial charge in [0.25, 0.3) is 5.91 Å². The molecule has 0 spiro atoms. The topological polar surface area (TPSA) is 55.9 Å². The van der Waals surface area contributed by atoms with Crippen molar-refractivity contribution in [3.8, 4) is 0 Å². The van der Waals surface area contributed by atoms with E-state index in [1.807, 2.05) is 6.07 Å². The fourth-order valence-corrected chi connectivity index (χ4v) is 3.96. The molecule has 2 aliphatic rings. The molecule has 152 valence electrons. The fourth-order valence-electron chi connectivity index (χ4n) is 3.96. The number of carbonyl (C=O) groups excluding carboxylic acids is 2. The van der Waals surface area contributed by atoms with E-state index in [0.717, 1.165) is 0 Å². The van der Waals surface area contributed by atoms with Gasteiger partial charge in [-0.15, -0.1) is 0 Å². The molecule has 0 saturated carbocycles. The summed E-state index contributed by atoms with van der Waals surface area (Å²) in [4.78, 5) is 30.3. The number of urea groups is 1. The minimum atomic E-state index is -0.560. The molecule has 0 aromatic heterocycles. The van der Waals surface area contributed by atoms with Gasteiger partial charge in [-0.25, -0.2) is 9.18 Å². The lowest BCUT2D eigenvalue weighted by Crippen LogP contribution is -2.49. The van der Waals surface area contributed by atoms with E-state index in [4.69, 9.17) is 0 Å². The molecule has 2 heterocycles. The standard InChI is InChI=1S/C22H25FN4O2/c1-15-4-3-5-20(16(15)2)25-10-12-26(13-11-25)21(28)18-14-17(6-7-19(18)23)27-9-8-24-22(27)29/h3-7,14H,8-13H2,1-2H3,(H,24,29). The molecule has 2 aliphatic heterocycles. The molecule has 0 unspecified atom stereocenters. The smallest absolute Gasteiger partial charge is 0.321 e. The average Bonchev–Trinajstić information content (AvgIpc) is 3.16. The molecule has 1 N–H and O–H groups in total. The zero-order chi connectivity index (χ0) is 20.5. The lowest BCUT2D eigenvalue weighted by molar-refractivity contribution is 0.0742. The molecule has 6 nitrogen and oxygen atoms in total. The summed E-state index contributed by atoms with van der Waals surface area (Å²) in [6.07, 6.45) is 0. The van der Waals surface area contributed by atoms with E-state index in [1.165, 1.54) is 39.9 Å². The summed E-state index contributed by atoms with van der Waals surface area (Å²) in [6.45, 7) is 7.71. The first-order valence-corrected chi connectivity index (χ1v) is 9.91. The minimum absolute atomic E-state index is 0.0161. The number of nitrogens with zero attached hydrogens (tertiary/aromatic N) is 3. The molecular formula is C22H25FN4O2. The maximum absolute atomic E-state index is 14.4. The molecular weight excluding hydrogens is 371 g/mol. The molecule has 0 atom stereocenters. The van der Waals surface area contributed by atoms with E-state index in [0.29, 0.717) is 45.0 Å². The first-order valence-electron chi connectivity index (χ1n) is 9.91. The number of carbonyl (C=O) groups is 2. The highest BCUT2D eigenvalue weighted by molar-refractivity contribution is 5.98. The molecule has 29 heavy (non-hydrogen) atoms. The summed E-state index contributed by atoms with van der Waals surface area (Å²) in [5.41, 5.74) is 4.23. The monoisotopic (exact) mass is 396 g/mol. The van der Waals surface area contributed by atoms with Crippen molar-refractivity contribution >= 4 is 23.3 Å². The Kier molecular flexibility index (Phi) is 5.13. The summed E-state index contributed by atoms with van der Waals surface area (Å²) in [6, 6.07) is 10.3. The van der Waals surface area contributed by atoms with Crippen molar-refractivity contribution in [2.45, 2.75) is 13.8 Å². The number of piperazine rings is 1. The number of hydrogen-bond donors (Lipinski definition) is 1. The van der Waals surface area contributed by atoms with Gasteiger partial charge in [-0.1, -0.05) is 12.1 Å². The normalized spacial score (nSPS) is 16.9. The Morgan fingerprint density at radius 1 is 1.03 bits per heavy atom. The summed E-state index contributed by atoms with van der Waals surface area (Å²) >= 11 is 0. The van der Waals surface area contributed by atoms with Gasteiger partial charge in [-0.3, -0.25) is 9.69 Å². The van der Waals surface area contributed by atoms with Crippen molar-refractivity contribution in [1.82, 2.24) is 10.2 Å². The second kappa shape index (κ2) is 7.73. The molecule has 4 rings (SSSR count). The number of aryl methyl sites for hydroxylation is 1. The molecule has 0 aliphatic carbocycles. The lowest BCUT2D eigenvalue weighted by Gasteiger charge is -2.37. The zero-order valence-corrected chi connectivity index (χ0v) is 16.7. The van der Waals surface area contributed by atoms with E-state index < -0.39 is 5.82 Å². The van der Waals surface area contributed by atoms with Gasteiger partial charge >= 0.3 is 6.03 Å². The van der Waals surface area contributed by atoms with Crippen LogP contribution < -0.4 is 15.1 Å². The van der Waals surface area contributed by atoms with Gasteiger partial charge in [0.15, 0.2) is 0 Å². The van der Waals surface area contributed by atoms with Crippen LogP contribution in [0.1, 0.15) is 21.5 Å². The number of rotatable bonds is 3. The second-order valence-corrected chi connectivity index (χ2v) is 7.55. The van der Waals surface area contributed by atoms with Gasteiger partial charge in [0.05, 0.1) is 5.56 Å². The molecule has 7 heteroatoms. The third kappa shape index (κ3) is 3.64. The van der Waals surface area contributed by atoms with Crippen LogP contribution in [0.2, 0.25) is 0 Å². The Hall–Kier alpha value is -3.09. The van der Waals surface area contributed by atoms with Crippen LogP contribution in [0.5, 0.6) is 0 Å². The Morgan fingerprint density at radius 2 is 1.79 bits per heavy atom. The number of hydrogen-bond acceptors (Lipinski definition) is 3. The third-order valence-corrected chi connectivity index (χ3v) is 5.83. The van der Waals surface area contributed by atoms with Crippen molar-refractivity contribution in [1.29, 1.82) is 0 Å². The summed E-state index contributed by atoms with van der Waals surface area (Å²) < 4.78 is 14.4. The van der Waals surface area contributed by atoms with Crippen LogP contribution in [0.3, 0.4) is 0 Å². The van der Waals surface area contributed by atoms with Crippen LogP contribution in [0.25, 0.3) is 0 Å². The van der Waals surface area contributed by atoms with Crippen molar-refractivity contribution < 1.29 is 14.0 Å². The molecule has 3 amide bonds. The second-order valence-electron chi connectivity index (χ2n) is 7.55. The molecule has 2 saturated heterocycles. The van der Waals surface area contributed by atoms with Gasteiger partial charge in [0, 0.05) is 50.6 Å². The maximum Gasteiger partial charge on any atom is 0.321 e. The zero-order valence-electron chi connectivity index (χ0n) is 16.7. The van der Waals surface area contributed by atoms with Crippen LogP contribution >= 0.6 is 0 Å². The fraction of sp³-hybridized carbons (Fsp3) is 0.364. The predicted molar refractivity (Wildman–Crippen MR) is 111 cm³/mol. The Morgan fingerprint density at radius 3 is 2.48 bits per heavy atom. The van der Waals surface area contributed by atoms with E-state index in [2.05, 4.69) is 36.2 Å². The first-order chi connectivity index (χ1) is 14.0. The van der Waals surface area contributed by atoms with Crippen molar-refractivity contribution in [3.63, 3.8) is 0 Å². The maximum atomic E-state index is 14.4. The number of anilines is 2. The average molecular weight is 396 g/mol. The van der Waals surface area contributed by atoms with Crippen molar-refractivity contribution in [3.05, 3.63) is 58.9 Å². The summed E-state index contributed by atoms with van der Waals surface area (Å²) in [7, 11) is 0. The van der Waals surface area contributed by atoms with Crippen LogP contribution in [0.4, 0.5) is 20.6 Å². The highest BCUT2D eigenvalue weighted by atomic mass is 19.1. The molecule has 0 radical (unpaired) electrons. The van der Waals surface area contributed by atoms with E-state index in [1.54, 1.807) is 4.90 Å². The Balaban J connectivity index is 1.48. The SMILES string of the molecule is Cc1cccc(N2CCN(C(=O)c3cc(N4CCNC4=O)ccc3F)CC2)c1C.